The molecule has 0 spiro atoms. The molecule has 1 fully saturated rings. The number of nitrogens with zero attached hydrogens (tertiary/aromatic N) is 1. The number of halogens is 1. The van der Waals surface area contributed by atoms with Crippen LogP contribution in [0.5, 0.6) is 0 Å². The summed E-state index contributed by atoms with van der Waals surface area (Å²) in [7, 11) is 0. The maximum Gasteiger partial charge on any atom is 0.224 e. The van der Waals surface area contributed by atoms with Crippen molar-refractivity contribution in [2.45, 2.75) is 39.7 Å². The molecule has 1 rings (SSSR count). The molecule has 5 heteroatoms. The maximum absolute atomic E-state index is 12.2. The maximum atomic E-state index is 12.2. The average molecular weight is 295 g/mol. The van der Waals surface area contributed by atoms with Gasteiger partial charge in [-0.25, -0.2) is 0 Å². The first-order chi connectivity index (χ1) is 8.17. The summed E-state index contributed by atoms with van der Waals surface area (Å²) < 4.78 is 0. The van der Waals surface area contributed by atoms with Gasteiger partial charge in [0.25, 0.3) is 0 Å². The molecule has 0 radical (unpaired) electrons. The van der Waals surface area contributed by atoms with Crippen LogP contribution in [0.2, 0.25) is 0 Å². The minimum atomic E-state index is 0. The Hall–Kier alpha value is 0.0700. The zero-order chi connectivity index (χ0) is 12.7. The lowest BCUT2D eigenvalue weighted by molar-refractivity contribution is -0.132. The van der Waals surface area contributed by atoms with E-state index in [0.717, 1.165) is 31.8 Å². The number of hydrogen-bond acceptors (Lipinski definition) is 3. The normalized spacial score (nSPS) is 20.9. The summed E-state index contributed by atoms with van der Waals surface area (Å²) in [4.78, 5) is 14.2. The van der Waals surface area contributed by atoms with Crippen LogP contribution in [0.3, 0.4) is 0 Å². The highest BCUT2D eigenvalue weighted by molar-refractivity contribution is 7.99. The Balaban J connectivity index is 0.00000289. The van der Waals surface area contributed by atoms with Gasteiger partial charge in [0.1, 0.15) is 0 Å². The quantitative estimate of drug-likeness (QED) is 0.816. The second-order valence-electron chi connectivity index (χ2n) is 4.88. The van der Waals surface area contributed by atoms with Crippen molar-refractivity contribution in [1.82, 2.24) is 10.2 Å². The molecule has 0 aromatic rings. The molecule has 0 aromatic carbocycles. The van der Waals surface area contributed by atoms with Gasteiger partial charge in [-0.15, -0.1) is 12.4 Å². The number of rotatable bonds is 6. The number of amides is 1. The van der Waals surface area contributed by atoms with Gasteiger partial charge < -0.3 is 10.2 Å². The van der Waals surface area contributed by atoms with Gasteiger partial charge in [-0.3, -0.25) is 4.79 Å². The number of hydrogen-bond donors (Lipinski definition) is 1. The second kappa shape index (κ2) is 9.93. The second-order valence-corrected chi connectivity index (χ2v) is 6.03. The Morgan fingerprint density at radius 3 is 2.72 bits per heavy atom. The summed E-state index contributed by atoms with van der Waals surface area (Å²) in [5, 5.41) is 3.43. The third-order valence-corrected chi connectivity index (χ3v) is 4.51. The fourth-order valence-electron chi connectivity index (χ4n) is 2.00. The predicted octanol–water partition coefficient (Wildman–Crippen LogP) is 2.40. The SMILES string of the molecule is CCC(C)CN(CC)C(=O)CC1CSCCN1.Cl. The predicted molar refractivity (Wildman–Crippen MR) is 82.7 cm³/mol. The van der Waals surface area contributed by atoms with Crippen molar-refractivity contribution >= 4 is 30.1 Å². The molecule has 0 aromatic heterocycles. The van der Waals surface area contributed by atoms with Gasteiger partial charge in [0.2, 0.25) is 5.91 Å². The number of carbonyl (C=O) groups excluding carboxylic acids is 1. The average Bonchev–Trinajstić information content (AvgIpc) is 2.36. The van der Waals surface area contributed by atoms with Crippen LogP contribution in [-0.2, 0) is 4.79 Å². The Morgan fingerprint density at radius 2 is 2.22 bits per heavy atom. The minimum Gasteiger partial charge on any atom is -0.343 e. The summed E-state index contributed by atoms with van der Waals surface area (Å²) in [6.45, 7) is 9.26. The van der Waals surface area contributed by atoms with E-state index in [1.165, 1.54) is 5.75 Å². The van der Waals surface area contributed by atoms with Crippen LogP contribution in [0.25, 0.3) is 0 Å². The minimum absolute atomic E-state index is 0. The van der Waals surface area contributed by atoms with Gasteiger partial charge in [-0.2, -0.15) is 11.8 Å². The molecule has 3 nitrogen and oxygen atoms in total. The zero-order valence-corrected chi connectivity index (χ0v) is 13.4. The fraction of sp³-hybridized carbons (Fsp3) is 0.923. The van der Waals surface area contributed by atoms with Crippen LogP contribution in [-0.4, -0.2) is 48.0 Å². The lowest BCUT2D eigenvalue weighted by Crippen LogP contribution is -2.43. The lowest BCUT2D eigenvalue weighted by Gasteiger charge is -2.28. The van der Waals surface area contributed by atoms with Crippen molar-refractivity contribution in [2.24, 2.45) is 5.92 Å². The number of nitrogens with one attached hydrogen (secondary N) is 1. The summed E-state index contributed by atoms with van der Waals surface area (Å²) in [6, 6.07) is 0.382. The van der Waals surface area contributed by atoms with Crippen LogP contribution in [0.15, 0.2) is 0 Å². The van der Waals surface area contributed by atoms with E-state index in [1.807, 2.05) is 16.7 Å². The van der Waals surface area contributed by atoms with E-state index >= 15 is 0 Å². The van der Waals surface area contributed by atoms with Gasteiger partial charge in [0, 0.05) is 43.6 Å². The summed E-state index contributed by atoms with van der Waals surface area (Å²) in [6.07, 6.45) is 1.80. The molecule has 2 unspecified atom stereocenters. The van der Waals surface area contributed by atoms with Crippen molar-refractivity contribution in [2.75, 3.05) is 31.1 Å². The van der Waals surface area contributed by atoms with Gasteiger partial charge in [0.05, 0.1) is 0 Å². The van der Waals surface area contributed by atoms with E-state index in [4.69, 9.17) is 0 Å². The van der Waals surface area contributed by atoms with Gasteiger partial charge in [-0.05, 0) is 12.8 Å². The Morgan fingerprint density at radius 1 is 1.50 bits per heavy atom. The van der Waals surface area contributed by atoms with Gasteiger partial charge in [-0.1, -0.05) is 20.3 Å². The summed E-state index contributed by atoms with van der Waals surface area (Å²) in [5.74, 6) is 3.17. The summed E-state index contributed by atoms with van der Waals surface area (Å²) >= 11 is 1.95. The van der Waals surface area contributed by atoms with E-state index in [9.17, 15) is 4.79 Å². The van der Waals surface area contributed by atoms with E-state index in [2.05, 4.69) is 26.1 Å². The lowest BCUT2D eigenvalue weighted by atomic mass is 10.1. The van der Waals surface area contributed by atoms with Crippen LogP contribution in [0, 0.1) is 5.92 Å². The van der Waals surface area contributed by atoms with E-state index < -0.39 is 0 Å². The first-order valence-corrected chi connectivity index (χ1v) is 7.91. The Bertz CT molecular complexity index is 235. The molecular weight excluding hydrogens is 268 g/mol. The summed E-state index contributed by atoms with van der Waals surface area (Å²) in [5.41, 5.74) is 0. The largest absolute Gasteiger partial charge is 0.343 e. The van der Waals surface area contributed by atoms with Crippen molar-refractivity contribution in [1.29, 1.82) is 0 Å². The highest BCUT2D eigenvalue weighted by Gasteiger charge is 2.20. The highest BCUT2D eigenvalue weighted by atomic mass is 35.5. The molecule has 0 aliphatic carbocycles. The highest BCUT2D eigenvalue weighted by Crippen LogP contribution is 2.12. The molecule has 1 saturated heterocycles. The fourth-order valence-corrected chi connectivity index (χ4v) is 2.95. The Kier molecular flexibility index (Phi) is 9.97. The van der Waals surface area contributed by atoms with Crippen molar-refractivity contribution in [3.63, 3.8) is 0 Å². The van der Waals surface area contributed by atoms with Crippen LogP contribution >= 0.6 is 24.2 Å². The van der Waals surface area contributed by atoms with Crippen molar-refractivity contribution < 1.29 is 4.79 Å². The van der Waals surface area contributed by atoms with Crippen LogP contribution in [0.4, 0.5) is 0 Å². The molecule has 18 heavy (non-hydrogen) atoms. The number of thioether (sulfide) groups is 1. The first kappa shape index (κ1) is 18.1. The molecule has 1 aliphatic rings. The molecule has 108 valence electrons. The third-order valence-electron chi connectivity index (χ3n) is 3.38. The van der Waals surface area contributed by atoms with E-state index in [0.29, 0.717) is 24.3 Å². The van der Waals surface area contributed by atoms with E-state index in [1.54, 1.807) is 0 Å². The van der Waals surface area contributed by atoms with Gasteiger partial charge >= 0.3 is 0 Å². The van der Waals surface area contributed by atoms with Crippen molar-refractivity contribution in [3.05, 3.63) is 0 Å². The Labute approximate surface area is 122 Å². The molecule has 0 bridgehead atoms. The zero-order valence-electron chi connectivity index (χ0n) is 11.8. The standard InChI is InChI=1S/C13H26N2OS.ClH/c1-4-11(3)9-15(5-2)13(16)8-12-10-17-7-6-14-12;/h11-12,14H,4-10H2,1-3H3;1H. The van der Waals surface area contributed by atoms with Crippen LogP contribution in [0.1, 0.15) is 33.6 Å². The van der Waals surface area contributed by atoms with Gasteiger partial charge in [0.15, 0.2) is 0 Å². The first-order valence-electron chi connectivity index (χ1n) is 6.76. The molecule has 1 amide bonds. The molecular formula is C13H27ClN2OS. The third kappa shape index (κ3) is 6.30. The molecule has 2 atom stereocenters. The smallest absolute Gasteiger partial charge is 0.224 e. The monoisotopic (exact) mass is 294 g/mol. The van der Waals surface area contributed by atoms with E-state index in [-0.39, 0.29) is 12.4 Å². The van der Waals surface area contributed by atoms with Crippen molar-refractivity contribution in [3.8, 4) is 0 Å². The molecule has 1 heterocycles. The topological polar surface area (TPSA) is 32.3 Å². The molecule has 0 saturated carbocycles. The number of carbonyl (C=O) groups is 1. The molecule has 1 aliphatic heterocycles. The van der Waals surface area contributed by atoms with Crippen LogP contribution < -0.4 is 5.32 Å². The molecule has 1 N–H and O–H groups in total.